The lowest BCUT2D eigenvalue weighted by Crippen LogP contribution is -2.19. The highest BCUT2D eigenvalue weighted by molar-refractivity contribution is 5.94. The lowest BCUT2D eigenvalue weighted by atomic mass is 10.0. The van der Waals surface area contributed by atoms with Crippen LogP contribution in [0, 0.1) is 13.8 Å². The summed E-state index contributed by atoms with van der Waals surface area (Å²) in [5.74, 6) is 0. The number of rotatable bonds is 10. The quantitative estimate of drug-likeness (QED) is 0.151. The predicted molar refractivity (Wildman–Crippen MR) is 197 cm³/mol. The molecule has 2 heteroatoms. The Morgan fingerprint density at radius 1 is 0.609 bits per heavy atom. The Bertz CT molecular complexity index is 1920. The minimum Gasteiger partial charge on any atom is -0.333 e. The van der Waals surface area contributed by atoms with E-state index in [-0.39, 0.29) is 6.04 Å². The average molecular weight is 603 g/mol. The van der Waals surface area contributed by atoms with Crippen molar-refractivity contribution < 1.29 is 0 Å². The molecular formula is C44H46N2. The van der Waals surface area contributed by atoms with Gasteiger partial charge >= 0.3 is 0 Å². The van der Waals surface area contributed by atoms with Crippen LogP contribution in [0.3, 0.4) is 0 Å². The van der Waals surface area contributed by atoms with E-state index in [1.54, 1.807) is 0 Å². The third kappa shape index (κ3) is 5.89. The van der Waals surface area contributed by atoms with Gasteiger partial charge < -0.3 is 9.47 Å². The fourth-order valence-corrected chi connectivity index (χ4v) is 7.13. The second-order valence-corrected chi connectivity index (χ2v) is 13.3. The average Bonchev–Trinajstić information content (AvgIpc) is 3.64. The van der Waals surface area contributed by atoms with Gasteiger partial charge in [0.05, 0.1) is 17.3 Å². The Kier molecular flexibility index (Phi) is 8.54. The first-order valence-corrected chi connectivity index (χ1v) is 17.3. The zero-order valence-electron chi connectivity index (χ0n) is 27.9. The van der Waals surface area contributed by atoms with Crippen LogP contribution < -0.4 is 4.90 Å². The molecule has 0 radical (unpaired) electrons. The number of fused-ring (bicyclic) bond motifs is 2. The Morgan fingerprint density at radius 2 is 1.17 bits per heavy atom. The lowest BCUT2D eigenvalue weighted by Gasteiger charge is -2.28. The number of hydrogen-bond donors (Lipinski definition) is 0. The molecule has 6 aromatic rings. The molecule has 0 spiro atoms. The smallest absolute Gasteiger partial charge is 0.0632 e. The summed E-state index contributed by atoms with van der Waals surface area (Å²) in [6.07, 6.45) is 8.16. The van der Waals surface area contributed by atoms with E-state index in [1.165, 1.54) is 98.3 Å². The van der Waals surface area contributed by atoms with Gasteiger partial charge in [0.1, 0.15) is 0 Å². The number of benzene rings is 5. The van der Waals surface area contributed by atoms with Crippen LogP contribution in [0.2, 0.25) is 0 Å². The van der Waals surface area contributed by atoms with Gasteiger partial charge in [-0.05, 0) is 116 Å². The van der Waals surface area contributed by atoms with E-state index in [0.29, 0.717) is 0 Å². The largest absolute Gasteiger partial charge is 0.333 e. The van der Waals surface area contributed by atoms with Crippen LogP contribution in [0.1, 0.15) is 79.0 Å². The fraction of sp³-hybridized carbons (Fsp3) is 0.273. The Hall–Kier alpha value is -4.56. The van der Waals surface area contributed by atoms with Gasteiger partial charge in [0.2, 0.25) is 0 Å². The normalized spacial score (nSPS) is 14.3. The van der Waals surface area contributed by atoms with Crippen molar-refractivity contribution in [1.29, 1.82) is 0 Å². The van der Waals surface area contributed by atoms with Crippen molar-refractivity contribution >= 4 is 22.3 Å². The zero-order chi connectivity index (χ0) is 31.6. The maximum absolute atomic E-state index is 2.59. The minimum absolute atomic E-state index is 0.256. The molecule has 46 heavy (non-hydrogen) atoms. The van der Waals surface area contributed by atoms with E-state index in [9.17, 15) is 0 Å². The minimum atomic E-state index is 0.256. The van der Waals surface area contributed by atoms with Gasteiger partial charge in [0.25, 0.3) is 0 Å². The molecule has 7 rings (SSSR count). The van der Waals surface area contributed by atoms with Gasteiger partial charge in [0, 0.05) is 22.4 Å². The summed E-state index contributed by atoms with van der Waals surface area (Å²) in [4.78, 5) is 2.59. The topological polar surface area (TPSA) is 8.17 Å². The Labute approximate surface area is 275 Å². The lowest BCUT2D eigenvalue weighted by molar-refractivity contribution is 0.742. The molecule has 1 aliphatic rings. The molecule has 0 fully saturated rings. The second kappa shape index (κ2) is 13.0. The molecular weight excluding hydrogens is 556 g/mol. The van der Waals surface area contributed by atoms with Crippen molar-refractivity contribution in [2.24, 2.45) is 0 Å². The highest BCUT2D eigenvalue weighted by Gasteiger charge is 2.33. The summed E-state index contributed by atoms with van der Waals surface area (Å²) in [7, 11) is 0. The fourth-order valence-electron chi connectivity index (χ4n) is 7.13. The molecule has 0 saturated carbocycles. The molecule has 0 saturated heterocycles. The second-order valence-electron chi connectivity index (χ2n) is 13.3. The van der Waals surface area contributed by atoms with Crippen LogP contribution in [0.5, 0.6) is 0 Å². The first-order chi connectivity index (χ1) is 22.5. The molecule has 1 unspecified atom stereocenters. The Balaban J connectivity index is 1.37. The van der Waals surface area contributed by atoms with Crippen molar-refractivity contribution in [2.75, 3.05) is 4.90 Å². The van der Waals surface area contributed by atoms with Crippen LogP contribution >= 0.6 is 0 Å². The highest BCUT2D eigenvalue weighted by Crippen LogP contribution is 2.48. The first kappa shape index (κ1) is 30.1. The van der Waals surface area contributed by atoms with Gasteiger partial charge in [0.15, 0.2) is 0 Å². The van der Waals surface area contributed by atoms with Crippen LogP contribution in [0.25, 0.3) is 27.8 Å². The molecule has 2 heterocycles. The molecule has 1 atom stereocenters. The summed E-state index contributed by atoms with van der Waals surface area (Å²) in [6.45, 7) is 8.87. The van der Waals surface area contributed by atoms with E-state index >= 15 is 0 Å². The molecule has 0 N–H and O–H groups in total. The first-order valence-electron chi connectivity index (χ1n) is 17.3. The third-order valence-electron chi connectivity index (χ3n) is 9.84. The van der Waals surface area contributed by atoms with Crippen molar-refractivity contribution in [3.63, 3.8) is 0 Å². The zero-order valence-corrected chi connectivity index (χ0v) is 27.9. The number of unbranched alkanes of at least 4 members (excludes halogenated alkanes) is 2. The molecule has 5 aromatic carbocycles. The van der Waals surface area contributed by atoms with Crippen molar-refractivity contribution in [2.45, 2.75) is 78.7 Å². The monoisotopic (exact) mass is 602 g/mol. The third-order valence-corrected chi connectivity index (χ3v) is 9.84. The molecule has 0 aliphatic carbocycles. The van der Waals surface area contributed by atoms with Gasteiger partial charge in [-0.15, -0.1) is 0 Å². The molecule has 1 aromatic heterocycles. The Morgan fingerprint density at radius 3 is 1.76 bits per heavy atom. The van der Waals surface area contributed by atoms with E-state index in [4.69, 9.17) is 0 Å². The SMILES string of the molecule is CCCCc1ccc(N2c3cc4cc(-c5ccc(C)cc5)n(-c5ccc(CCCC)cc5)c4cc3CC2c2ccc(C)cc2)cc1. The van der Waals surface area contributed by atoms with E-state index < -0.39 is 0 Å². The van der Waals surface area contributed by atoms with Crippen molar-refractivity contribution in [1.82, 2.24) is 4.57 Å². The van der Waals surface area contributed by atoms with Gasteiger partial charge in [-0.3, -0.25) is 0 Å². The standard InChI is InChI=1S/C44H46N2/c1-5-7-9-33-15-23-39(24-16-33)45-41(35-19-11-31(3)12-20-35)27-37-30-44-38(29-43(37)45)28-42(36-21-13-32(4)14-22-36)46(44)40-25-17-34(18-26-40)10-8-6-2/h11-27,29-30,42H,5-10,28H2,1-4H3. The highest BCUT2D eigenvalue weighted by atomic mass is 15.2. The van der Waals surface area contributed by atoms with Crippen LogP contribution in [-0.2, 0) is 19.3 Å². The summed E-state index contributed by atoms with van der Waals surface area (Å²) < 4.78 is 2.48. The molecule has 232 valence electrons. The summed E-state index contributed by atoms with van der Waals surface area (Å²) in [5.41, 5.74) is 15.8. The molecule has 1 aliphatic heterocycles. The van der Waals surface area contributed by atoms with Crippen LogP contribution in [-0.4, -0.2) is 4.57 Å². The molecule has 0 bridgehead atoms. The van der Waals surface area contributed by atoms with Crippen molar-refractivity contribution in [3.8, 4) is 16.9 Å². The number of aromatic nitrogens is 1. The van der Waals surface area contributed by atoms with E-state index in [0.717, 1.165) is 19.3 Å². The predicted octanol–water partition coefficient (Wildman–Crippen LogP) is 12.0. The number of anilines is 2. The van der Waals surface area contributed by atoms with Crippen LogP contribution in [0.4, 0.5) is 11.4 Å². The van der Waals surface area contributed by atoms with Gasteiger partial charge in [-0.1, -0.05) is 111 Å². The maximum atomic E-state index is 2.59. The van der Waals surface area contributed by atoms with E-state index in [1.807, 2.05) is 0 Å². The van der Waals surface area contributed by atoms with Crippen molar-refractivity contribution in [3.05, 3.63) is 149 Å². The number of hydrogen-bond acceptors (Lipinski definition) is 1. The summed E-state index contributed by atoms with van der Waals surface area (Å²) in [6, 6.07) is 44.4. The summed E-state index contributed by atoms with van der Waals surface area (Å²) >= 11 is 0. The molecule has 0 amide bonds. The van der Waals surface area contributed by atoms with E-state index in [2.05, 4.69) is 152 Å². The maximum Gasteiger partial charge on any atom is 0.0632 e. The molecule has 2 nitrogen and oxygen atoms in total. The number of nitrogens with zero attached hydrogens (tertiary/aromatic N) is 2. The number of aryl methyl sites for hydroxylation is 4. The summed E-state index contributed by atoms with van der Waals surface area (Å²) in [5, 5.41) is 1.28. The van der Waals surface area contributed by atoms with Gasteiger partial charge in [-0.25, -0.2) is 0 Å². The van der Waals surface area contributed by atoms with Crippen LogP contribution in [0.15, 0.2) is 115 Å². The van der Waals surface area contributed by atoms with Gasteiger partial charge in [-0.2, -0.15) is 0 Å².